The van der Waals surface area contributed by atoms with Crippen LogP contribution in [0.25, 0.3) is 0 Å². The summed E-state index contributed by atoms with van der Waals surface area (Å²) in [5, 5.41) is 9.37. The van der Waals surface area contributed by atoms with Gasteiger partial charge in [0.05, 0.1) is 11.5 Å². The number of benzene rings is 1. The fourth-order valence-corrected chi connectivity index (χ4v) is 2.67. The summed E-state index contributed by atoms with van der Waals surface area (Å²) in [6, 6.07) is 13.1. The number of hydrogen-bond donors (Lipinski definition) is 0. The van der Waals surface area contributed by atoms with Gasteiger partial charge in [0.15, 0.2) is 0 Å². The van der Waals surface area contributed by atoms with E-state index >= 15 is 0 Å². The molecule has 1 aromatic carbocycles. The summed E-state index contributed by atoms with van der Waals surface area (Å²) in [6.07, 6.45) is 8.09. The molecule has 0 bridgehead atoms. The smallest absolute Gasteiger partial charge is 0.0689 e. The van der Waals surface area contributed by atoms with E-state index in [-0.39, 0.29) is 5.41 Å². The highest BCUT2D eigenvalue weighted by Gasteiger charge is 2.31. The predicted octanol–water partition coefficient (Wildman–Crippen LogP) is 4.09. The fraction of sp³-hybridized carbons (Fsp3) is 0.533. The maximum atomic E-state index is 9.37. The Labute approximate surface area is 98.1 Å². The molecule has 0 radical (unpaired) electrons. The Kier molecular flexibility index (Phi) is 3.62. The molecule has 0 aromatic heterocycles. The third-order valence-corrected chi connectivity index (χ3v) is 3.78. The largest absolute Gasteiger partial charge is 0.198 e. The lowest BCUT2D eigenvalue weighted by molar-refractivity contribution is 0.249. The Morgan fingerprint density at radius 3 is 2.38 bits per heavy atom. The molecule has 1 nitrogen and oxygen atoms in total. The summed E-state index contributed by atoms with van der Waals surface area (Å²) < 4.78 is 0. The van der Waals surface area contributed by atoms with Crippen molar-refractivity contribution in [2.24, 2.45) is 5.41 Å². The van der Waals surface area contributed by atoms with Crippen LogP contribution in [-0.4, -0.2) is 0 Å². The average molecular weight is 213 g/mol. The van der Waals surface area contributed by atoms with Crippen LogP contribution in [-0.2, 0) is 6.42 Å². The van der Waals surface area contributed by atoms with Crippen LogP contribution >= 0.6 is 0 Å². The fourth-order valence-electron chi connectivity index (χ4n) is 2.67. The molecule has 84 valence electrons. The topological polar surface area (TPSA) is 23.8 Å². The molecule has 0 atom stereocenters. The quantitative estimate of drug-likeness (QED) is 0.741. The van der Waals surface area contributed by atoms with Crippen molar-refractivity contribution in [3.63, 3.8) is 0 Å². The van der Waals surface area contributed by atoms with Gasteiger partial charge < -0.3 is 0 Å². The van der Waals surface area contributed by atoms with Crippen LogP contribution < -0.4 is 0 Å². The lowest BCUT2D eigenvalue weighted by Gasteiger charge is -2.30. The van der Waals surface area contributed by atoms with E-state index in [0.29, 0.717) is 0 Å². The number of nitriles is 1. The zero-order valence-corrected chi connectivity index (χ0v) is 9.78. The van der Waals surface area contributed by atoms with Crippen LogP contribution in [0.2, 0.25) is 0 Å². The third kappa shape index (κ3) is 2.64. The van der Waals surface area contributed by atoms with Crippen molar-refractivity contribution in [3.8, 4) is 6.07 Å². The molecule has 0 saturated heterocycles. The maximum absolute atomic E-state index is 9.37. The SMILES string of the molecule is N#CC1(CCc2ccccc2)CCCCC1. The van der Waals surface area contributed by atoms with Gasteiger partial charge in [-0.15, -0.1) is 0 Å². The minimum absolute atomic E-state index is 0.0198. The zero-order valence-electron chi connectivity index (χ0n) is 9.78. The van der Waals surface area contributed by atoms with Gasteiger partial charge >= 0.3 is 0 Å². The summed E-state index contributed by atoms with van der Waals surface area (Å²) in [7, 11) is 0. The standard InChI is InChI=1S/C15H19N/c16-13-15(10-5-2-6-11-15)12-9-14-7-3-1-4-8-14/h1,3-4,7-8H,2,5-6,9-12H2. The Morgan fingerprint density at radius 1 is 1.06 bits per heavy atom. The average Bonchev–Trinajstić information content (AvgIpc) is 2.39. The first-order valence-corrected chi connectivity index (χ1v) is 6.30. The highest BCUT2D eigenvalue weighted by Crippen LogP contribution is 2.39. The monoisotopic (exact) mass is 213 g/mol. The van der Waals surface area contributed by atoms with Crippen molar-refractivity contribution in [1.82, 2.24) is 0 Å². The van der Waals surface area contributed by atoms with E-state index in [4.69, 9.17) is 0 Å². The molecule has 1 aromatic rings. The van der Waals surface area contributed by atoms with E-state index in [0.717, 1.165) is 25.7 Å². The van der Waals surface area contributed by atoms with Gasteiger partial charge in [-0.25, -0.2) is 0 Å². The Balaban J connectivity index is 1.95. The van der Waals surface area contributed by atoms with Gasteiger partial charge in [0.1, 0.15) is 0 Å². The highest BCUT2D eigenvalue weighted by molar-refractivity contribution is 5.16. The molecule has 0 unspecified atom stereocenters. The summed E-state index contributed by atoms with van der Waals surface area (Å²) in [5.74, 6) is 0. The molecule has 0 aliphatic heterocycles. The Morgan fingerprint density at radius 2 is 1.75 bits per heavy atom. The zero-order chi connectivity index (χ0) is 11.3. The van der Waals surface area contributed by atoms with Crippen LogP contribution in [0, 0.1) is 16.7 Å². The van der Waals surface area contributed by atoms with Crippen LogP contribution in [0.3, 0.4) is 0 Å². The minimum Gasteiger partial charge on any atom is -0.198 e. The normalized spacial score (nSPS) is 18.9. The number of aryl methyl sites for hydroxylation is 1. The van der Waals surface area contributed by atoms with Crippen LogP contribution in [0.5, 0.6) is 0 Å². The van der Waals surface area contributed by atoms with Crippen molar-refractivity contribution in [2.75, 3.05) is 0 Å². The van der Waals surface area contributed by atoms with Crippen molar-refractivity contribution < 1.29 is 0 Å². The maximum Gasteiger partial charge on any atom is 0.0689 e. The molecule has 1 heteroatoms. The van der Waals surface area contributed by atoms with E-state index in [2.05, 4.69) is 30.3 Å². The molecule has 1 fully saturated rings. The molecule has 16 heavy (non-hydrogen) atoms. The summed E-state index contributed by atoms with van der Waals surface area (Å²) in [6.45, 7) is 0. The van der Waals surface area contributed by atoms with Crippen molar-refractivity contribution in [1.29, 1.82) is 5.26 Å². The number of rotatable bonds is 3. The summed E-state index contributed by atoms with van der Waals surface area (Å²) in [4.78, 5) is 0. The van der Waals surface area contributed by atoms with Gasteiger partial charge in [-0.3, -0.25) is 0 Å². The molecule has 1 aliphatic rings. The second-order valence-electron chi connectivity index (χ2n) is 4.94. The Bertz CT molecular complexity index is 355. The second kappa shape index (κ2) is 5.16. The minimum atomic E-state index is -0.0198. The van der Waals surface area contributed by atoms with Crippen LogP contribution in [0.4, 0.5) is 0 Å². The van der Waals surface area contributed by atoms with E-state index in [1.807, 2.05) is 6.07 Å². The molecule has 0 heterocycles. The molecule has 1 saturated carbocycles. The Hall–Kier alpha value is -1.29. The molecule has 0 spiro atoms. The van der Waals surface area contributed by atoms with Gasteiger partial charge in [-0.05, 0) is 31.2 Å². The van der Waals surface area contributed by atoms with E-state index in [9.17, 15) is 5.26 Å². The summed E-state index contributed by atoms with van der Waals surface area (Å²) >= 11 is 0. The first kappa shape index (κ1) is 11.2. The molecular weight excluding hydrogens is 194 g/mol. The molecule has 1 aliphatic carbocycles. The van der Waals surface area contributed by atoms with Gasteiger partial charge in [0, 0.05) is 0 Å². The van der Waals surface area contributed by atoms with E-state index in [1.165, 1.54) is 24.8 Å². The van der Waals surface area contributed by atoms with Crippen molar-refractivity contribution >= 4 is 0 Å². The summed E-state index contributed by atoms with van der Waals surface area (Å²) in [5.41, 5.74) is 1.34. The lowest BCUT2D eigenvalue weighted by atomic mass is 9.72. The molecule has 0 N–H and O–H groups in total. The van der Waals surface area contributed by atoms with E-state index < -0.39 is 0 Å². The highest BCUT2D eigenvalue weighted by atomic mass is 14.4. The first-order chi connectivity index (χ1) is 7.85. The van der Waals surface area contributed by atoms with Gasteiger partial charge in [-0.1, -0.05) is 49.6 Å². The molecular formula is C15H19N. The lowest BCUT2D eigenvalue weighted by Crippen LogP contribution is -2.22. The number of nitrogens with zero attached hydrogens (tertiary/aromatic N) is 1. The number of hydrogen-bond acceptors (Lipinski definition) is 1. The van der Waals surface area contributed by atoms with Crippen molar-refractivity contribution in [3.05, 3.63) is 35.9 Å². The molecule has 2 rings (SSSR count). The predicted molar refractivity (Wildman–Crippen MR) is 65.9 cm³/mol. The first-order valence-electron chi connectivity index (χ1n) is 6.30. The van der Waals surface area contributed by atoms with E-state index in [1.54, 1.807) is 0 Å². The second-order valence-corrected chi connectivity index (χ2v) is 4.94. The van der Waals surface area contributed by atoms with Crippen molar-refractivity contribution in [2.45, 2.75) is 44.9 Å². The van der Waals surface area contributed by atoms with Gasteiger partial charge in [-0.2, -0.15) is 5.26 Å². The van der Waals surface area contributed by atoms with Gasteiger partial charge in [0.25, 0.3) is 0 Å². The van der Waals surface area contributed by atoms with Crippen LogP contribution in [0.15, 0.2) is 30.3 Å². The molecule has 0 amide bonds. The van der Waals surface area contributed by atoms with Gasteiger partial charge in [0.2, 0.25) is 0 Å². The third-order valence-electron chi connectivity index (χ3n) is 3.78. The van der Waals surface area contributed by atoms with Crippen LogP contribution in [0.1, 0.15) is 44.1 Å².